The minimum atomic E-state index is 0.0494. The van der Waals surface area contributed by atoms with Gasteiger partial charge in [-0.1, -0.05) is 5.16 Å². The molecule has 0 bridgehead atoms. The molecule has 0 atom stereocenters. The number of fused-ring (bicyclic) bond motifs is 1. The van der Waals surface area contributed by atoms with E-state index in [4.69, 9.17) is 14.0 Å². The maximum Gasteiger partial charge on any atom is 0.256 e. The van der Waals surface area contributed by atoms with E-state index in [0.29, 0.717) is 34.0 Å². The van der Waals surface area contributed by atoms with Crippen LogP contribution < -0.4 is 9.47 Å². The summed E-state index contributed by atoms with van der Waals surface area (Å²) in [5.74, 6) is 1.45. The first kappa shape index (κ1) is 15.0. The van der Waals surface area contributed by atoms with Crippen LogP contribution in [0.3, 0.4) is 0 Å². The molecule has 0 aliphatic heterocycles. The van der Waals surface area contributed by atoms with Crippen molar-refractivity contribution in [3.8, 4) is 34.6 Å². The number of rotatable bonds is 4. The lowest BCUT2D eigenvalue weighted by Crippen LogP contribution is -1.94. The van der Waals surface area contributed by atoms with Gasteiger partial charge < -0.3 is 19.1 Å². The molecule has 4 aromatic heterocycles. The van der Waals surface area contributed by atoms with Crippen molar-refractivity contribution in [1.82, 2.24) is 19.7 Å². The molecule has 4 heterocycles. The van der Waals surface area contributed by atoms with E-state index < -0.39 is 0 Å². The molecule has 4 aromatic rings. The number of pyridine rings is 2. The SMILES string of the molecule is COc1cc(-c2ccc3c(O)n(-c4ccon4)cc3n2)cnc1OC. The van der Waals surface area contributed by atoms with Crippen LogP contribution in [-0.4, -0.2) is 39.0 Å². The normalized spacial score (nSPS) is 11.0. The van der Waals surface area contributed by atoms with Crippen molar-refractivity contribution >= 4 is 10.9 Å². The molecule has 0 aliphatic carbocycles. The molecule has 0 saturated heterocycles. The fourth-order valence-electron chi connectivity index (χ4n) is 2.61. The molecule has 0 saturated carbocycles. The topological polar surface area (TPSA) is 95.4 Å². The van der Waals surface area contributed by atoms with Crippen LogP contribution in [0.4, 0.5) is 0 Å². The van der Waals surface area contributed by atoms with E-state index in [9.17, 15) is 5.11 Å². The molecule has 8 heteroatoms. The molecule has 4 rings (SSSR count). The smallest absolute Gasteiger partial charge is 0.256 e. The zero-order valence-corrected chi connectivity index (χ0v) is 13.5. The van der Waals surface area contributed by atoms with Crippen molar-refractivity contribution in [3.63, 3.8) is 0 Å². The van der Waals surface area contributed by atoms with Crippen LogP contribution in [-0.2, 0) is 0 Å². The Hall–Kier alpha value is -3.55. The molecule has 8 nitrogen and oxygen atoms in total. The van der Waals surface area contributed by atoms with Crippen LogP contribution in [0.15, 0.2) is 47.4 Å². The Morgan fingerprint density at radius 3 is 2.76 bits per heavy atom. The highest BCUT2D eigenvalue weighted by Gasteiger charge is 2.15. The number of methoxy groups -OCH3 is 2. The maximum absolute atomic E-state index is 10.4. The summed E-state index contributed by atoms with van der Waals surface area (Å²) in [7, 11) is 3.08. The Labute approximate surface area is 142 Å². The molecule has 126 valence electrons. The number of aromatic hydroxyl groups is 1. The molecular weight excluding hydrogens is 324 g/mol. The van der Waals surface area contributed by atoms with Crippen molar-refractivity contribution < 1.29 is 19.1 Å². The highest BCUT2D eigenvalue weighted by molar-refractivity contribution is 5.87. The van der Waals surface area contributed by atoms with Crippen molar-refractivity contribution in [1.29, 1.82) is 0 Å². The first-order valence-electron chi connectivity index (χ1n) is 7.41. The lowest BCUT2D eigenvalue weighted by atomic mass is 10.1. The van der Waals surface area contributed by atoms with Crippen molar-refractivity contribution in [2.45, 2.75) is 0 Å². The van der Waals surface area contributed by atoms with Crippen LogP contribution in [0.5, 0.6) is 17.5 Å². The monoisotopic (exact) mass is 338 g/mol. The fourth-order valence-corrected chi connectivity index (χ4v) is 2.61. The van der Waals surface area contributed by atoms with Gasteiger partial charge in [-0.2, -0.15) is 0 Å². The summed E-state index contributed by atoms with van der Waals surface area (Å²) in [6.45, 7) is 0. The van der Waals surface area contributed by atoms with Gasteiger partial charge >= 0.3 is 0 Å². The summed E-state index contributed by atoms with van der Waals surface area (Å²) in [4.78, 5) is 8.82. The molecule has 0 unspecified atom stereocenters. The van der Waals surface area contributed by atoms with Gasteiger partial charge in [-0.3, -0.25) is 4.57 Å². The average Bonchev–Trinajstić information content (AvgIpc) is 3.29. The van der Waals surface area contributed by atoms with Crippen LogP contribution in [0.25, 0.3) is 28.0 Å². The maximum atomic E-state index is 10.4. The van der Waals surface area contributed by atoms with Gasteiger partial charge in [-0.05, 0) is 18.2 Å². The van der Waals surface area contributed by atoms with Crippen LogP contribution in [0, 0.1) is 0 Å². The molecule has 0 fully saturated rings. The summed E-state index contributed by atoms with van der Waals surface area (Å²) in [5, 5.41) is 14.8. The summed E-state index contributed by atoms with van der Waals surface area (Å²) in [6.07, 6.45) is 4.79. The lowest BCUT2D eigenvalue weighted by molar-refractivity contribution is 0.343. The highest BCUT2D eigenvalue weighted by atomic mass is 16.5. The third kappa shape index (κ3) is 2.44. The molecule has 0 aliphatic rings. The predicted octanol–water partition coefficient (Wildman–Crippen LogP) is 2.80. The minimum Gasteiger partial charge on any atom is -0.494 e. The summed E-state index contributed by atoms with van der Waals surface area (Å²) < 4.78 is 16.8. The number of hydrogen-bond acceptors (Lipinski definition) is 7. The van der Waals surface area contributed by atoms with E-state index in [1.807, 2.05) is 0 Å². The summed E-state index contributed by atoms with van der Waals surface area (Å²) >= 11 is 0. The van der Waals surface area contributed by atoms with Gasteiger partial charge in [0, 0.05) is 24.0 Å². The third-order valence-electron chi connectivity index (χ3n) is 3.84. The van der Waals surface area contributed by atoms with Crippen LogP contribution >= 0.6 is 0 Å². The van der Waals surface area contributed by atoms with Gasteiger partial charge in [0.25, 0.3) is 5.88 Å². The molecule has 0 aromatic carbocycles. The lowest BCUT2D eigenvalue weighted by Gasteiger charge is -2.08. The molecule has 0 spiro atoms. The first-order valence-corrected chi connectivity index (χ1v) is 7.41. The molecule has 25 heavy (non-hydrogen) atoms. The van der Waals surface area contributed by atoms with E-state index in [1.165, 1.54) is 17.9 Å². The summed E-state index contributed by atoms with van der Waals surface area (Å²) in [6, 6.07) is 7.05. The Morgan fingerprint density at radius 1 is 1.16 bits per heavy atom. The Kier molecular flexibility index (Phi) is 3.50. The van der Waals surface area contributed by atoms with Gasteiger partial charge in [0.2, 0.25) is 5.88 Å². The zero-order chi connectivity index (χ0) is 17.4. The van der Waals surface area contributed by atoms with Crippen molar-refractivity contribution in [3.05, 3.63) is 42.9 Å². The third-order valence-corrected chi connectivity index (χ3v) is 3.84. The van der Waals surface area contributed by atoms with Crippen molar-refractivity contribution in [2.75, 3.05) is 14.2 Å². The van der Waals surface area contributed by atoms with Gasteiger partial charge in [-0.25, -0.2) is 9.97 Å². The van der Waals surface area contributed by atoms with Crippen molar-refractivity contribution in [2.24, 2.45) is 0 Å². The van der Waals surface area contributed by atoms with E-state index in [2.05, 4.69) is 15.1 Å². The largest absolute Gasteiger partial charge is 0.494 e. The van der Waals surface area contributed by atoms with Crippen LogP contribution in [0.1, 0.15) is 0 Å². The second-order valence-corrected chi connectivity index (χ2v) is 5.25. The molecule has 0 amide bonds. The van der Waals surface area contributed by atoms with E-state index in [-0.39, 0.29) is 5.88 Å². The molecule has 1 N–H and O–H groups in total. The fraction of sp³-hybridized carbons (Fsp3) is 0.118. The molecular formula is C17H14N4O4. The zero-order valence-electron chi connectivity index (χ0n) is 13.5. The first-order chi connectivity index (χ1) is 12.2. The Bertz CT molecular complexity index is 1040. The quantitative estimate of drug-likeness (QED) is 0.611. The second kappa shape index (κ2) is 5.82. The predicted molar refractivity (Wildman–Crippen MR) is 89.1 cm³/mol. The number of hydrogen-bond donors (Lipinski definition) is 1. The summed E-state index contributed by atoms with van der Waals surface area (Å²) in [5.41, 5.74) is 2.08. The number of ether oxygens (including phenoxy) is 2. The van der Waals surface area contributed by atoms with Gasteiger partial charge in [0.15, 0.2) is 11.6 Å². The highest BCUT2D eigenvalue weighted by Crippen LogP contribution is 2.33. The minimum absolute atomic E-state index is 0.0494. The van der Waals surface area contributed by atoms with E-state index >= 15 is 0 Å². The second-order valence-electron chi connectivity index (χ2n) is 5.25. The Morgan fingerprint density at radius 2 is 2.04 bits per heavy atom. The Balaban J connectivity index is 1.82. The van der Waals surface area contributed by atoms with Gasteiger partial charge in [-0.15, -0.1) is 0 Å². The number of aromatic nitrogens is 4. The van der Waals surface area contributed by atoms with Crippen LogP contribution in [0.2, 0.25) is 0 Å². The van der Waals surface area contributed by atoms with Gasteiger partial charge in [0.1, 0.15) is 6.26 Å². The average molecular weight is 338 g/mol. The van der Waals surface area contributed by atoms with Gasteiger partial charge in [0.05, 0.1) is 30.8 Å². The molecule has 0 radical (unpaired) electrons. The number of nitrogens with zero attached hydrogens (tertiary/aromatic N) is 4. The van der Waals surface area contributed by atoms with E-state index in [1.54, 1.807) is 43.8 Å². The standard InChI is InChI=1S/C17H14N4O4/c1-23-14-7-10(8-18-16(14)24-2)12-4-3-11-13(19-12)9-21(17(11)22)15-5-6-25-20-15/h3-9,22H,1-2H3. The van der Waals surface area contributed by atoms with E-state index in [0.717, 1.165) is 5.56 Å².